The van der Waals surface area contributed by atoms with Gasteiger partial charge in [-0.15, -0.1) is 0 Å². The average molecular weight is 333 g/mol. The normalized spacial score (nSPS) is 13.2. The van der Waals surface area contributed by atoms with E-state index in [4.69, 9.17) is 0 Å². The van der Waals surface area contributed by atoms with Crippen LogP contribution in [-0.2, 0) is 15.5 Å². The quantitative estimate of drug-likeness (QED) is 0.493. The molecule has 2 N–H and O–H groups in total. The van der Waals surface area contributed by atoms with Crippen molar-refractivity contribution in [1.29, 1.82) is 0 Å². The van der Waals surface area contributed by atoms with Crippen LogP contribution in [0.2, 0.25) is 0 Å². The molecule has 7 heteroatoms. The Hall–Kier alpha value is -2.09. The molecule has 23 heavy (non-hydrogen) atoms. The van der Waals surface area contributed by atoms with Gasteiger partial charge in [0, 0.05) is 11.3 Å². The molecular weight excluding hydrogens is 314 g/mol. The number of benzene rings is 2. The Balaban J connectivity index is 0.000000182. The van der Waals surface area contributed by atoms with Gasteiger partial charge in [0.05, 0.1) is 4.90 Å². The standard InChI is InChI=1S/C10H14O3S.C6H5N3/c1-10(2,3)8-4-6-9(7-5-8)14(11,12)13;1-2-4-6-5(3-1)7-9-8-6/h4-7H,1-3H3,(H,11,12,13);1-4H,(H,7,8,9). The third-order valence-electron chi connectivity index (χ3n) is 3.31. The average Bonchev–Trinajstić information content (AvgIpc) is 2.95. The van der Waals surface area contributed by atoms with Crippen LogP contribution >= 0.6 is 0 Å². The third kappa shape index (κ3) is 4.69. The number of nitrogens with zero attached hydrogens (tertiary/aromatic N) is 2. The summed E-state index contributed by atoms with van der Waals surface area (Å²) < 4.78 is 31.9. The van der Waals surface area contributed by atoms with E-state index in [2.05, 4.69) is 10.3 Å². The van der Waals surface area contributed by atoms with Gasteiger partial charge in [-0.1, -0.05) is 50.2 Å². The van der Waals surface area contributed by atoms with Crippen LogP contribution < -0.4 is 5.43 Å². The minimum absolute atomic E-state index is 0.0365. The molecule has 0 bridgehead atoms. The molecule has 0 radical (unpaired) electrons. The van der Waals surface area contributed by atoms with Crippen LogP contribution in [0, 0.1) is 0 Å². The summed E-state index contributed by atoms with van der Waals surface area (Å²) in [6, 6.07) is 13.9. The Morgan fingerprint density at radius 3 is 2.13 bits per heavy atom. The maximum absolute atomic E-state index is 10.6. The Kier molecular flexibility index (Phi) is 4.93. The predicted octanol–water partition coefficient (Wildman–Crippen LogP) is 2.78. The van der Waals surface area contributed by atoms with Gasteiger partial charge >= 0.3 is 0 Å². The van der Waals surface area contributed by atoms with Gasteiger partial charge in [0.1, 0.15) is 10.1 Å². The number of hydrogen-bond donors (Lipinski definition) is 1. The summed E-state index contributed by atoms with van der Waals surface area (Å²) in [5.74, 6) is 0. The fourth-order valence-electron chi connectivity index (χ4n) is 1.96. The topological polar surface area (TPSA) is 98.5 Å². The van der Waals surface area contributed by atoms with E-state index < -0.39 is 10.1 Å². The van der Waals surface area contributed by atoms with Gasteiger partial charge in [-0.3, -0.25) is 0 Å². The molecular formula is C16H19N3O3S. The van der Waals surface area contributed by atoms with E-state index >= 15 is 0 Å². The van der Waals surface area contributed by atoms with Crippen molar-refractivity contribution in [3.63, 3.8) is 0 Å². The van der Waals surface area contributed by atoms with Crippen LogP contribution in [0.4, 0.5) is 11.4 Å². The molecule has 0 atom stereocenters. The molecule has 3 rings (SSSR count). The largest absolute Gasteiger partial charge is 0.744 e. The Labute approximate surface area is 136 Å². The first-order valence-electron chi connectivity index (χ1n) is 7.07. The molecule has 2 aromatic rings. The second-order valence-electron chi connectivity index (χ2n) is 6.13. The number of fused-ring (bicyclic) bond motifs is 1. The lowest BCUT2D eigenvalue weighted by Gasteiger charge is -2.19. The van der Waals surface area contributed by atoms with Crippen LogP contribution in [0.3, 0.4) is 0 Å². The van der Waals surface area contributed by atoms with E-state index in [-0.39, 0.29) is 10.3 Å². The first kappa shape index (κ1) is 17.3. The molecule has 2 aromatic carbocycles. The summed E-state index contributed by atoms with van der Waals surface area (Å²) in [4.78, 5) is -0.175. The zero-order valence-corrected chi connectivity index (χ0v) is 14.0. The lowest BCUT2D eigenvalue weighted by molar-refractivity contribution is -0.578. The van der Waals surface area contributed by atoms with Crippen LogP contribution in [0.15, 0.2) is 63.8 Å². The Morgan fingerprint density at radius 1 is 1.00 bits per heavy atom. The first-order valence-corrected chi connectivity index (χ1v) is 8.48. The van der Waals surface area contributed by atoms with Crippen LogP contribution in [-0.4, -0.2) is 13.0 Å². The van der Waals surface area contributed by atoms with Gasteiger partial charge in [-0.2, -0.15) is 5.43 Å². The van der Waals surface area contributed by atoms with Crippen molar-refractivity contribution in [2.75, 3.05) is 0 Å². The van der Waals surface area contributed by atoms with E-state index in [9.17, 15) is 13.0 Å². The molecule has 1 aliphatic rings. The van der Waals surface area contributed by atoms with Crippen molar-refractivity contribution in [2.45, 2.75) is 31.1 Å². The third-order valence-corrected chi connectivity index (χ3v) is 4.16. The highest BCUT2D eigenvalue weighted by Crippen LogP contribution is 2.23. The van der Waals surface area contributed by atoms with Crippen LogP contribution in [0.25, 0.3) is 0 Å². The number of quaternary nitrogens is 1. The molecule has 0 amide bonds. The predicted molar refractivity (Wildman–Crippen MR) is 85.6 cm³/mol. The zero-order valence-electron chi connectivity index (χ0n) is 13.2. The van der Waals surface area contributed by atoms with Gasteiger partial charge in [0.25, 0.3) is 0 Å². The van der Waals surface area contributed by atoms with Crippen molar-refractivity contribution < 1.29 is 18.4 Å². The summed E-state index contributed by atoms with van der Waals surface area (Å²) in [5.41, 5.74) is 4.81. The molecule has 0 saturated heterocycles. The van der Waals surface area contributed by atoms with Crippen LogP contribution in [0.5, 0.6) is 0 Å². The maximum Gasteiger partial charge on any atom is 0.185 e. The van der Waals surface area contributed by atoms with Crippen molar-refractivity contribution in [3.05, 3.63) is 54.1 Å². The molecule has 0 saturated carbocycles. The lowest BCUT2D eigenvalue weighted by Crippen LogP contribution is -2.68. The highest BCUT2D eigenvalue weighted by molar-refractivity contribution is 7.85. The summed E-state index contributed by atoms with van der Waals surface area (Å²) >= 11 is 0. The van der Waals surface area contributed by atoms with Crippen molar-refractivity contribution in [3.8, 4) is 0 Å². The van der Waals surface area contributed by atoms with Gasteiger partial charge < -0.3 is 4.55 Å². The summed E-state index contributed by atoms with van der Waals surface area (Å²) in [7, 11) is -4.32. The number of hydrogen-bond acceptors (Lipinski definition) is 5. The Bertz CT molecular complexity index is 807. The minimum Gasteiger partial charge on any atom is -0.744 e. The fraction of sp³-hybridized carbons (Fsp3) is 0.250. The van der Waals surface area contributed by atoms with E-state index in [0.717, 1.165) is 16.9 Å². The minimum atomic E-state index is -4.32. The Morgan fingerprint density at radius 2 is 1.61 bits per heavy atom. The smallest absolute Gasteiger partial charge is 0.185 e. The van der Waals surface area contributed by atoms with Gasteiger partial charge in [0.15, 0.2) is 11.4 Å². The molecule has 0 aliphatic carbocycles. The summed E-state index contributed by atoms with van der Waals surface area (Å²) in [5, 5.41) is 7.62. The lowest BCUT2D eigenvalue weighted by atomic mass is 9.87. The van der Waals surface area contributed by atoms with Gasteiger partial charge in [-0.25, -0.2) is 8.42 Å². The highest BCUT2D eigenvalue weighted by Gasteiger charge is 2.13. The SMILES string of the molecule is CC(C)(C)c1ccc(S(=O)(=O)[O-])cc1.c1ccc2c(c1)N=N[NH2+]2. The molecule has 1 aliphatic heterocycles. The second kappa shape index (κ2) is 6.57. The van der Waals surface area contributed by atoms with Crippen LogP contribution in [0.1, 0.15) is 26.3 Å². The first-order chi connectivity index (χ1) is 10.7. The van der Waals surface area contributed by atoms with E-state index in [0.29, 0.717) is 0 Å². The van der Waals surface area contributed by atoms with Crippen molar-refractivity contribution >= 4 is 21.5 Å². The van der Waals surface area contributed by atoms with Crippen molar-refractivity contribution in [1.82, 2.24) is 0 Å². The molecule has 1 heterocycles. The molecule has 0 spiro atoms. The van der Waals surface area contributed by atoms with Crippen molar-refractivity contribution in [2.24, 2.45) is 10.3 Å². The number of rotatable bonds is 1. The maximum atomic E-state index is 10.6. The zero-order chi connectivity index (χ0) is 17.1. The van der Waals surface area contributed by atoms with Gasteiger partial charge in [0.2, 0.25) is 0 Å². The molecule has 0 unspecified atom stereocenters. The molecule has 0 fully saturated rings. The van der Waals surface area contributed by atoms with E-state index in [1.54, 1.807) is 17.6 Å². The molecule has 122 valence electrons. The summed E-state index contributed by atoms with van der Waals surface area (Å²) in [6.07, 6.45) is 0. The summed E-state index contributed by atoms with van der Waals surface area (Å²) in [6.45, 7) is 6.06. The monoisotopic (exact) mass is 333 g/mol. The van der Waals surface area contributed by atoms with E-state index in [1.165, 1.54) is 12.1 Å². The number of nitrogens with two attached hydrogens (primary N) is 1. The molecule has 0 aromatic heterocycles. The highest BCUT2D eigenvalue weighted by atomic mass is 32.2. The fourth-order valence-corrected chi connectivity index (χ4v) is 2.43. The molecule has 6 nitrogen and oxygen atoms in total. The second-order valence-corrected chi connectivity index (χ2v) is 7.51. The van der Waals surface area contributed by atoms with Gasteiger partial charge in [-0.05, 0) is 29.2 Å². The van der Waals surface area contributed by atoms with E-state index in [1.807, 2.05) is 45.0 Å².